The van der Waals surface area contributed by atoms with Gasteiger partial charge < -0.3 is 14.2 Å². The minimum atomic E-state index is -0.422. The fraction of sp³-hybridized carbons (Fsp3) is 0.273. The van der Waals surface area contributed by atoms with Crippen molar-refractivity contribution >= 4 is 5.91 Å². The molecule has 0 spiro atoms. The van der Waals surface area contributed by atoms with Crippen molar-refractivity contribution in [1.82, 2.24) is 14.5 Å². The van der Waals surface area contributed by atoms with Crippen molar-refractivity contribution in [3.63, 3.8) is 0 Å². The summed E-state index contributed by atoms with van der Waals surface area (Å²) >= 11 is 0. The summed E-state index contributed by atoms with van der Waals surface area (Å²) in [7, 11) is 1.64. The van der Waals surface area contributed by atoms with Crippen LogP contribution in [0, 0.1) is 5.82 Å². The quantitative estimate of drug-likeness (QED) is 0.618. The first-order valence-corrected chi connectivity index (χ1v) is 9.17. The molecule has 0 atom stereocenters. The molecule has 6 heteroatoms. The zero-order valence-electron chi connectivity index (χ0n) is 16.3. The van der Waals surface area contributed by atoms with Crippen molar-refractivity contribution in [3.05, 3.63) is 83.7 Å². The molecule has 28 heavy (non-hydrogen) atoms. The number of amides is 1. The van der Waals surface area contributed by atoms with Crippen molar-refractivity contribution < 1.29 is 13.9 Å². The Labute approximate surface area is 164 Å². The van der Waals surface area contributed by atoms with Crippen LogP contribution in [0.3, 0.4) is 0 Å². The van der Waals surface area contributed by atoms with Crippen molar-refractivity contribution in [2.24, 2.45) is 0 Å². The maximum Gasteiger partial charge on any atom is 0.254 e. The summed E-state index contributed by atoms with van der Waals surface area (Å²) in [6.45, 7) is 4.83. The van der Waals surface area contributed by atoms with Gasteiger partial charge in [0, 0.05) is 30.5 Å². The molecule has 146 valence electrons. The smallest absolute Gasteiger partial charge is 0.254 e. The van der Waals surface area contributed by atoms with Crippen LogP contribution >= 0.6 is 0 Å². The first-order valence-electron chi connectivity index (χ1n) is 9.17. The van der Waals surface area contributed by atoms with Gasteiger partial charge in [-0.05, 0) is 49.7 Å². The zero-order valence-corrected chi connectivity index (χ0v) is 16.3. The number of benzene rings is 2. The van der Waals surface area contributed by atoms with Gasteiger partial charge in [-0.15, -0.1) is 0 Å². The Bertz CT molecular complexity index is 952. The van der Waals surface area contributed by atoms with E-state index in [1.54, 1.807) is 30.3 Å². The molecular weight excluding hydrogens is 357 g/mol. The van der Waals surface area contributed by atoms with Crippen LogP contribution in [-0.4, -0.2) is 33.5 Å². The van der Waals surface area contributed by atoms with Crippen molar-refractivity contribution in [3.8, 4) is 5.75 Å². The summed E-state index contributed by atoms with van der Waals surface area (Å²) < 4.78 is 20.8. The normalized spacial score (nSPS) is 10.9. The number of hydrogen-bond donors (Lipinski definition) is 0. The van der Waals surface area contributed by atoms with Crippen molar-refractivity contribution in [2.45, 2.75) is 33.0 Å². The molecule has 0 unspecified atom stereocenters. The van der Waals surface area contributed by atoms with Gasteiger partial charge in [0.1, 0.15) is 17.4 Å². The van der Waals surface area contributed by atoms with E-state index in [1.165, 1.54) is 12.1 Å². The lowest BCUT2D eigenvalue weighted by atomic mass is 10.1. The predicted octanol–water partition coefficient (Wildman–Crippen LogP) is 4.13. The SMILES string of the molecule is COc1cccc(Cn2ccnc2CN(C(=O)c2cccc(F)c2)C(C)C)c1. The first kappa shape index (κ1) is 19.6. The molecule has 0 N–H and O–H groups in total. The first-order chi connectivity index (χ1) is 13.5. The second-order valence-electron chi connectivity index (χ2n) is 6.86. The van der Waals surface area contributed by atoms with Crippen LogP contribution in [0.1, 0.15) is 35.6 Å². The fourth-order valence-electron chi connectivity index (χ4n) is 3.03. The Balaban J connectivity index is 1.81. The maximum atomic E-state index is 13.5. The molecule has 0 saturated heterocycles. The number of imidazole rings is 1. The van der Waals surface area contributed by atoms with Gasteiger partial charge >= 0.3 is 0 Å². The van der Waals surface area contributed by atoms with Gasteiger partial charge in [-0.1, -0.05) is 18.2 Å². The van der Waals surface area contributed by atoms with Gasteiger partial charge in [-0.3, -0.25) is 4.79 Å². The standard InChI is InChI=1S/C22H24FN3O2/c1-16(2)26(22(27)18-7-5-8-19(23)13-18)15-21-24-10-11-25(21)14-17-6-4-9-20(12-17)28-3/h4-13,16H,14-15H2,1-3H3. The number of aromatic nitrogens is 2. The lowest BCUT2D eigenvalue weighted by molar-refractivity contribution is 0.0682. The van der Waals surface area contributed by atoms with E-state index in [1.807, 2.05) is 48.9 Å². The lowest BCUT2D eigenvalue weighted by Gasteiger charge is -2.27. The molecule has 5 nitrogen and oxygen atoms in total. The van der Waals surface area contributed by atoms with Crippen molar-refractivity contribution in [2.75, 3.05) is 7.11 Å². The van der Waals surface area contributed by atoms with E-state index in [-0.39, 0.29) is 11.9 Å². The Kier molecular flexibility index (Phi) is 6.09. The number of halogens is 1. The number of methoxy groups -OCH3 is 1. The Morgan fingerprint density at radius 3 is 2.71 bits per heavy atom. The highest BCUT2D eigenvalue weighted by Crippen LogP contribution is 2.17. The second-order valence-corrected chi connectivity index (χ2v) is 6.86. The summed E-state index contributed by atoms with van der Waals surface area (Å²) in [6, 6.07) is 13.5. The molecule has 0 fully saturated rings. The number of ether oxygens (including phenoxy) is 1. The highest BCUT2D eigenvalue weighted by atomic mass is 19.1. The Morgan fingerprint density at radius 2 is 2.00 bits per heavy atom. The minimum Gasteiger partial charge on any atom is -0.497 e. The molecule has 0 aliphatic heterocycles. The average Bonchev–Trinajstić information content (AvgIpc) is 3.12. The molecule has 0 bridgehead atoms. The molecular formula is C22H24FN3O2. The predicted molar refractivity (Wildman–Crippen MR) is 106 cm³/mol. The fourth-order valence-corrected chi connectivity index (χ4v) is 3.03. The van der Waals surface area contributed by atoms with Crippen LogP contribution in [0.2, 0.25) is 0 Å². The molecule has 1 aromatic heterocycles. The van der Waals surface area contributed by atoms with E-state index in [9.17, 15) is 9.18 Å². The Morgan fingerprint density at radius 1 is 1.21 bits per heavy atom. The molecule has 0 saturated carbocycles. The zero-order chi connectivity index (χ0) is 20.1. The summed E-state index contributed by atoms with van der Waals surface area (Å²) in [5, 5.41) is 0. The van der Waals surface area contributed by atoms with Gasteiger partial charge in [-0.2, -0.15) is 0 Å². The van der Waals surface area contributed by atoms with Crippen LogP contribution in [0.15, 0.2) is 60.9 Å². The molecule has 1 amide bonds. The molecule has 0 radical (unpaired) electrons. The number of carbonyl (C=O) groups excluding carboxylic acids is 1. The third kappa shape index (κ3) is 4.57. The van der Waals surface area contributed by atoms with Crippen LogP contribution < -0.4 is 4.74 Å². The van der Waals surface area contributed by atoms with E-state index < -0.39 is 5.82 Å². The minimum absolute atomic E-state index is 0.0577. The Hall–Kier alpha value is -3.15. The third-order valence-electron chi connectivity index (χ3n) is 4.56. The van der Waals surface area contributed by atoms with Gasteiger partial charge in [0.05, 0.1) is 13.7 Å². The van der Waals surface area contributed by atoms with Gasteiger partial charge in [-0.25, -0.2) is 9.37 Å². The third-order valence-corrected chi connectivity index (χ3v) is 4.56. The van der Waals surface area contributed by atoms with Crippen molar-refractivity contribution in [1.29, 1.82) is 0 Å². The summed E-state index contributed by atoms with van der Waals surface area (Å²) in [4.78, 5) is 19.1. The number of hydrogen-bond acceptors (Lipinski definition) is 3. The maximum absolute atomic E-state index is 13.5. The lowest BCUT2D eigenvalue weighted by Crippen LogP contribution is -2.37. The van der Waals surface area contributed by atoms with Gasteiger partial charge in [0.25, 0.3) is 5.91 Å². The molecule has 0 aliphatic rings. The monoisotopic (exact) mass is 381 g/mol. The summed E-state index contributed by atoms with van der Waals surface area (Å²) in [5.74, 6) is 0.921. The molecule has 3 rings (SSSR count). The van der Waals surface area contributed by atoms with Gasteiger partial charge in [0.2, 0.25) is 0 Å². The van der Waals surface area contributed by atoms with Crippen LogP contribution in [-0.2, 0) is 13.1 Å². The molecule has 0 aliphatic carbocycles. The van der Waals surface area contributed by atoms with Crippen LogP contribution in [0.5, 0.6) is 5.75 Å². The number of carbonyl (C=O) groups is 1. The van der Waals surface area contributed by atoms with E-state index in [0.29, 0.717) is 18.7 Å². The molecule has 3 aromatic rings. The van der Waals surface area contributed by atoms with Gasteiger partial charge in [0.15, 0.2) is 0 Å². The second kappa shape index (κ2) is 8.69. The van der Waals surface area contributed by atoms with E-state index in [2.05, 4.69) is 4.98 Å². The average molecular weight is 381 g/mol. The highest BCUT2D eigenvalue weighted by molar-refractivity contribution is 5.94. The largest absolute Gasteiger partial charge is 0.497 e. The van der Waals surface area contributed by atoms with Crippen LogP contribution in [0.25, 0.3) is 0 Å². The van der Waals surface area contributed by atoms with E-state index in [0.717, 1.165) is 17.1 Å². The highest BCUT2D eigenvalue weighted by Gasteiger charge is 2.21. The van der Waals surface area contributed by atoms with E-state index in [4.69, 9.17) is 4.74 Å². The number of rotatable bonds is 7. The molecule has 2 aromatic carbocycles. The molecule has 1 heterocycles. The van der Waals surface area contributed by atoms with Crippen LogP contribution in [0.4, 0.5) is 4.39 Å². The van der Waals surface area contributed by atoms with E-state index >= 15 is 0 Å². The topological polar surface area (TPSA) is 47.4 Å². The summed E-state index contributed by atoms with van der Waals surface area (Å²) in [5.41, 5.74) is 1.41. The number of nitrogens with zero attached hydrogens (tertiary/aromatic N) is 3. The summed E-state index contributed by atoms with van der Waals surface area (Å²) in [6.07, 6.45) is 3.61.